The van der Waals surface area contributed by atoms with Gasteiger partial charge in [0, 0.05) is 19.6 Å². The van der Waals surface area contributed by atoms with Crippen LogP contribution in [0.15, 0.2) is 17.6 Å². The second-order valence-corrected chi connectivity index (χ2v) is 3.57. The minimum atomic E-state index is 0. The van der Waals surface area contributed by atoms with Crippen LogP contribution >= 0.6 is 24.0 Å². The summed E-state index contributed by atoms with van der Waals surface area (Å²) in [6.45, 7) is 12.7. The second kappa shape index (κ2) is 12.8. The largest absolute Gasteiger partial charge is 0.357 e. The summed E-state index contributed by atoms with van der Waals surface area (Å²) in [5, 5.41) is 6.41. The Morgan fingerprint density at radius 2 is 1.88 bits per heavy atom. The molecule has 96 valence electrons. The molecule has 0 aliphatic heterocycles. The van der Waals surface area contributed by atoms with Crippen molar-refractivity contribution in [2.45, 2.75) is 33.6 Å². The maximum absolute atomic E-state index is 4.54. The third kappa shape index (κ3) is 9.00. The second-order valence-electron chi connectivity index (χ2n) is 3.57. The summed E-state index contributed by atoms with van der Waals surface area (Å²) in [7, 11) is 0. The Hall–Kier alpha value is -0.260. The zero-order chi connectivity index (χ0) is 11.5. The summed E-state index contributed by atoms with van der Waals surface area (Å²) in [5.74, 6) is 1.59. The molecule has 0 bridgehead atoms. The Morgan fingerprint density at radius 1 is 1.25 bits per heavy atom. The third-order valence-electron chi connectivity index (χ3n) is 2.42. The molecule has 0 saturated heterocycles. The molecule has 0 aromatic heterocycles. The molecule has 0 fully saturated rings. The molecule has 0 atom stereocenters. The number of nitrogens with one attached hydrogen (secondary N) is 2. The van der Waals surface area contributed by atoms with Crippen molar-refractivity contribution in [3.05, 3.63) is 12.7 Å². The average molecular weight is 339 g/mol. The van der Waals surface area contributed by atoms with Crippen LogP contribution in [0.1, 0.15) is 33.6 Å². The van der Waals surface area contributed by atoms with Crippen LogP contribution in [-0.2, 0) is 0 Å². The molecule has 4 heteroatoms. The summed E-state index contributed by atoms with van der Waals surface area (Å²) in [4.78, 5) is 4.54. The molecule has 2 N–H and O–H groups in total. The lowest BCUT2D eigenvalue weighted by molar-refractivity contribution is 0.504. The number of nitrogens with zero attached hydrogens (tertiary/aromatic N) is 1. The van der Waals surface area contributed by atoms with E-state index in [1.807, 2.05) is 6.08 Å². The molecule has 16 heavy (non-hydrogen) atoms. The van der Waals surface area contributed by atoms with E-state index >= 15 is 0 Å². The van der Waals surface area contributed by atoms with Crippen molar-refractivity contribution in [2.75, 3.05) is 19.6 Å². The van der Waals surface area contributed by atoms with Crippen LogP contribution in [0.2, 0.25) is 0 Å². The number of guanidine groups is 1. The van der Waals surface area contributed by atoms with E-state index in [-0.39, 0.29) is 24.0 Å². The molecule has 0 unspecified atom stereocenters. The predicted molar refractivity (Wildman–Crippen MR) is 83.7 cm³/mol. The molecular weight excluding hydrogens is 313 g/mol. The van der Waals surface area contributed by atoms with E-state index in [0.29, 0.717) is 5.92 Å². The highest BCUT2D eigenvalue weighted by atomic mass is 127. The lowest BCUT2D eigenvalue weighted by atomic mass is 10.0. The molecule has 0 spiro atoms. The molecule has 0 heterocycles. The number of hydrogen-bond acceptors (Lipinski definition) is 1. The van der Waals surface area contributed by atoms with Gasteiger partial charge in [-0.05, 0) is 12.8 Å². The first-order valence-corrected chi connectivity index (χ1v) is 5.91. The van der Waals surface area contributed by atoms with Crippen molar-refractivity contribution in [2.24, 2.45) is 10.9 Å². The molecule has 0 aliphatic carbocycles. The van der Waals surface area contributed by atoms with Gasteiger partial charge in [-0.2, -0.15) is 0 Å². The summed E-state index contributed by atoms with van der Waals surface area (Å²) >= 11 is 0. The number of aliphatic imine (C=N–C) groups is 1. The Labute approximate surface area is 117 Å². The van der Waals surface area contributed by atoms with Crippen molar-refractivity contribution < 1.29 is 0 Å². The molecule has 0 amide bonds. The van der Waals surface area contributed by atoms with E-state index in [1.165, 1.54) is 12.8 Å². The van der Waals surface area contributed by atoms with Crippen molar-refractivity contribution in [3.8, 4) is 0 Å². The van der Waals surface area contributed by atoms with Gasteiger partial charge in [0.15, 0.2) is 5.96 Å². The summed E-state index contributed by atoms with van der Waals surface area (Å²) < 4.78 is 0. The fourth-order valence-corrected chi connectivity index (χ4v) is 1.28. The van der Waals surface area contributed by atoms with Gasteiger partial charge >= 0.3 is 0 Å². The molecule has 0 radical (unpaired) electrons. The summed E-state index contributed by atoms with van der Waals surface area (Å²) in [6, 6.07) is 0. The van der Waals surface area contributed by atoms with E-state index in [0.717, 1.165) is 25.6 Å². The third-order valence-corrected chi connectivity index (χ3v) is 2.42. The monoisotopic (exact) mass is 339 g/mol. The first-order valence-electron chi connectivity index (χ1n) is 5.91. The van der Waals surface area contributed by atoms with Gasteiger partial charge in [0.25, 0.3) is 0 Å². The number of rotatable bonds is 7. The molecule has 3 nitrogen and oxygen atoms in total. The van der Waals surface area contributed by atoms with Gasteiger partial charge in [-0.25, -0.2) is 0 Å². The predicted octanol–water partition coefficient (Wildman–Crippen LogP) is 2.78. The Bertz CT molecular complexity index is 189. The lowest BCUT2D eigenvalue weighted by Crippen LogP contribution is -2.37. The van der Waals surface area contributed by atoms with Gasteiger partial charge in [-0.3, -0.25) is 4.99 Å². The quantitative estimate of drug-likeness (QED) is 0.324. The highest BCUT2D eigenvalue weighted by molar-refractivity contribution is 14.0. The number of hydrogen-bond donors (Lipinski definition) is 2. The van der Waals surface area contributed by atoms with E-state index in [1.54, 1.807) is 0 Å². The minimum Gasteiger partial charge on any atom is -0.357 e. The van der Waals surface area contributed by atoms with Crippen LogP contribution in [0.3, 0.4) is 0 Å². The van der Waals surface area contributed by atoms with Crippen molar-refractivity contribution in [1.82, 2.24) is 10.6 Å². The normalized spacial score (nSPS) is 10.9. The zero-order valence-corrected chi connectivity index (χ0v) is 13.1. The fraction of sp³-hybridized carbons (Fsp3) is 0.750. The Kier molecular flexibility index (Phi) is 14.5. The highest BCUT2D eigenvalue weighted by Gasteiger charge is 2.02. The molecule has 0 saturated carbocycles. The van der Waals surface area contributed by atoms with Crippen LogP contribution < -0.4 is 10.6 Å². The maximum Gasteiger partial charge on any atom is 0.191 e. The van der Waals surface area contributed by atoms with Gasteiger partial charge in [-0.1, -0.05) is 32.8 Å². The topological polar surface area (TPSA) is 36.4 Å². The summed E-state index contributed by atoms with van der Waals surface area (Å²) in [5.41, 5.74) is 0. The zero-order valence-electron chi connectivity index (χ0n) is 10.8. The molecule has 0 aliphatic rings. The number of halogens is 1. The van der Waals surface area contributed by atoms with Crippen molar-refractivity contribution in [1.29, 1.82) is 0 Å². The van der Waals surface area contributed by atoms with E-state index in [2.05, 4.69) is 43.0 Å². The van der Waals surface area contributed by atoms with Crippen LogP contribution in [0.25, 0.3) is 0 Å². The molecule has 0 aromatic carbocycles. The van der Waals surface area contributed by atoms with Crippen LogP contribution in [0.4, 0.5) is 0 Å². The highest BCUT2D eigenvalue weighted by Crippen LogP contribution is 2.06. The summed E-state index contributed by atoms with van der Waals surface area (Å²) in [6.07, 6.45) is 4.23. The van der Waals surface area contributed by atoms with Crippen molar-refractivity contribution >= 4 is 29.9 Å². The van der Waals surface area contributed by atoms with E-state index in [4.69, 9.17) is 0 Å². The van der Waals surface area contributed by atoms with Crippen LogP contribution in [-0.4, -0.2) is 25.6 Å². The molecule has 0 aromatic rings. The lowest BCUT2D eigenvalue weighted by Gasteiger charge is -2.12. The van der Waals surface area contributed by atoms with Gasteiger partial charge in [0.05, 0.1) is 0 Å². The molecular formula is C12H26IN3. The Balaban J connectivity index is 0. The fourth-order valence-electron chi connectivity index (χ4n) is 1.28. The van der Waals surface area contributed by atoms with Gasteiger partial charge < -0.3 is 10.6 Å². The van der Waals surface area contributed by atoms with Crippen LogP contribution in [0, 0.1) is 5.92 Å². The van der Waals surface area contributed by atoms with Crippen molar-refractivity contribution in [3.63, 3.8) is 0 Å². The Morgan fingerprint density at radius 3 is 2.31 bits per heavy atom. The van der Waals surface area contributed by atoms with Gasteiger partial charge in [0.2, 0.25) is 0 Å². The average Bonchev–Trinajstić information content (AvgIpc) is 2.27. The van der Waals surface area contributed by atoms with E-state index in [9.17, 15) is 0 Å². The maximum atomic E-state index is 4.54. The smallest absolute Gasteiger partial charge is 0.191 e. The van der Waals surface area contributed by atoms with E-state index < -0.39 is 0 Å². The first kappa shape index (κ1) is 18.1. The molecule has 0 rings (SSSR count). The van der Waals surface area contributed by atoms with Crippen LogP contribution in [0.5, 0.6) is 0 Å². The first-order chi connectivity index (χ1) is 7.28. The minimum absolute atomic E-state index is 0. The van der Waals surface area contributed by atoms with Gasteiger partial charge in [-0.15, -0.1) is 30.6 Å². The van der Waals surface area contributed by atoms with Gasteiger partial charge in [0.1, 0.15) is 0 Å². The SMILES string of the molecule is C=CCNC(=NCC(CC)CC)NCC.I. The standard InChI is InChI=1S/C12H25N3.HI/c1-5-9-14-12(13-8-4)15-10-11(6-2)7-3;/h5,11H,1,6-10H2,2-4H3,(H2,13,14,15);1H.